The number of aryl methyl sites for hydroxylation is 3. The number of ketones is 1. The number of fused-ring (bicyclic) bond motifs is 1. The van der Waals surface area contributed by atoms with Crippen LogP contribution in [0.5, 0.6) is 0 Å². The van der Waals surface area contributed by atoms with Gasteiger partial charge in [-0.2, -0.15) is 0 Å². The highest BCUT2D eigenvalue weighted by Crippen LogP contribution is 2.32. The molecule has 0 bridgehead atoms. The lowest BCUT2D eigenvalue weighted by Gasteiger charge is -2.23. The van der Waals surface area contributed by atoms with Gasteiger partial charge in [0.25, 0.3) is 0 Å². The van der Waals surface area contributed by atoms with Crippen molar-refractivity contribution in [1.29, 1.82) is 0 Å². The Hall–Kier alpha value is -2.03. The lowest BCUT2D eigenvalue weighted by molar-refractivity contribution is 0.0948. The molecule has 0 aliphatic heterocycles. The van der Waals surface area contributed by atoms with E-state index in [9.17, 15) is 4.79 Å². The first-order valence-corrected chi connectivity index (χ1v) is 7.09. The largest absolute Gasteiger partial charge is 0.293 e. The van der Waals surface area contributed by atoms with Crippen LogP contribution in [0.25, 0.3) is 0 Å². The molecule has 0 aromatic carbocycles. The molecule has 0 spiro atoms. The van der Waals surface area contributed by atoms with Gasteiger partial charge >= 0.3 is 0 Å². The zero-order valence-electron chi connectivity index (χ0n) is 11.9. The molecule has 3 nitrogen and oxygen atoms in total. The van der Waals surface area contributed by atoms with Gasteiger partial charge in [0.2, 0.25) is 0 Å². The van der Waals surface area contributed by atoms with Gasteiger partial charge in [-0.25, -0.2) is 0 Å². The second-order valence-corrected chi connectivity index (χ2v) is 5.44. The zero-order valence-corrected chi connectivity index (χ0v) is 11.9. The molecule has 0 saturated heterocycles. The summed E-state index contributed by atoms with van der Waals surface area (Å²) in [6.07, 6.45) is 4.74. The summed E-state index contributed by atoms with van der Waals surface area (Å²) < 4.78 is 0. The van der Waals surface area contributed by atoms with Gasteiger partial charge in [0.15, 0.2) is 5.78 Å². The second kappa shape index (κ2) is 5.16. The molecule has 1 atom stereocenters. The van der Waals surface area contributed by atoms with Crippen LogP contribution in [-0.2, 0) is 6.42 Å². The second-order valence-electron chi connectivity index (χ2n) is 5.44. The van der Waals surface area contributed by atoms with Crippen LogP contribution in [0.15, 0.2) is 30.5 Å². The van der Waals surface area contributed by atoms with Crippen LogP contribution < -0.4 is 0 Å². The van der Waals surface area contributed by atoms with Crippen molar-refractivity contribution in [3.05, 3.63) is 58.7 Å². The molecule has 0 amide bonds. The fourth-order valence-corrected chi connectivity index (χ4v) is 3.00. The number of hydrogen-bond acceptors (Lipinski definition) is 3. The summed E-state index contributed by atoms with van der Waals surface area (Å²) in [4.78, 5) is 21.7. The Balaban J connectivity index is 2.00. The quantitative estimate of drug-likeness (QED) is 0.782. The van der Waals surface area contributed by atoms with E-state index in [1.165, 1.54) is 5.56 Å². The summed E-state index contributed by atoms with van der Waals surface area (Å²) in [6.45, 7) is 3.85. The molecule has 0 radical (unpaired) electrons. The van der Waals surface area contributed by atoms with Gasteiger partial charge in [-0.1, -0.05) is 6.07 Å². The first-order valence-electron chi connectivity index (χ1n) is 7.09. The van der Waals surface area contributed by atoms with E-state index in [0.29, 0.717) is 0 Å². The van der Waals surface area contributed by atoms with Gasteiger partial charge in [0.1, 0.15) is 0 Å². The van der Waals surface area contributed by atoms with E-state index in [1.54, 1.807) is 6.20 Å². The number of hydrogen-bond donors (Lipinski definition) is 0. The van der Waals surface area contributed by atoms with E-state index in [1.807, 2.05) is 32.0 Å². The van der Waals surface area contributed by atoms with E-state index < -0.39 is 0 Å². The van der Waals surface area contributed by atoms with E-state index in [-0.39, 0.29) is 11.7 Å². The monoisotopic (exact) mass is 266 g/mol. The van der Waals surface area contributed by atoms with E-state index in [0.717, 1.165) is 41.9 Å². The topological polar surface area (TPSA) is 42.9 Å². The molecule has 1 aliphatic rings. The standard InChI is InChI=1S/C17H18N2O/c1-11-8-9-14(12(2)19-11)17(20)15-7-3-5-13-6-4-10-18-16(13)15/h4,6,8-10,15H,3,5,7H2,1-2H3. The summed E-state index contributed by atoms with van der Waals surface area (Å²) in [5.41, 5.74) is 4.68. The van der Waals surface area contributed by atoms with Crippen molar-refractivity contribution in [3.8, 4) is 0 Å². The average molecular weight is 266 g/mol. The molecular weight excluding hydrogens is 248 g/mol. The third-order valence-corrected chi connectivity index (χ3v) is 4.00. The molecular formula is C17H18N2O. The van der Waals surface area contributed by atoms with Crippen LogP contribution in [0.4, 0.5) is 0 Å². The van der Waals surface area contributed by atoms with Gasteiger partial charge in [-0.05, 0) is 56.9 Å². The SMILES string of the molecule is Cc1ccc(C(=O)C2CCCc3cccnc32)c(C)n1. The van der Waals surface area contributed by atoms with E-state index >= 15 is 0 Å². The Kier molecular flexibility index (Phi) is 3.35. The smallest absolute Gasteiger partial charge is 0.173 e. The molecule has 20 heavy (non-hydrogen) atoms. The molecule has 0 N–H and O–H groups in total. The van der Waals surface area contributed by atoms with Crippen LogP contribution in [0.1, 0.15) is 51.8 Å². The Morgan fingerprint density at radius 2 is 2.10 bits per heavy atom. The molecule has 3 heteroatoms. The molecule has 102 valence electrons. The highest BCUT2D eigenvalue weighted by molar-refractivity contribution is 6.01. The number of aromatic nitrogens is 2. The minimum Gasteiger partial charge on any atom is -0.293 e. The predicted molar refractivity (Wildman–Crippen MR) is 78.0 cm³/mol. The minimum absolute atomic E-state index is 0.108. The van der Waals surface area contributed by atoms with Gasteiger partial charge in [0, 0.05) is 23.1 Å². The lowest BCUT2D eigenvalue weighted by atomic mass is 9.82. The molecule has 0 saturated carbocycles. The van der Waals surface area contributed by atoms with Crippen molar-refractivity contribution >= 4 is 5.78 Å². The summed E-state index contributed by atoms with van der Waals surface area (Å²) in [6, 6.07) is 7.84. The van der Waals surface area contributed by atoms with Gasteiger partial charge < -0.3 is 0 Å². The summed E-state index contributed by atoms with van der Waals surface area (Å²) in [5.74, 6) is 0.0535. The summed E-state index contributed by atoms with van der Waals surface area (Å²) >= 11 is 0. The van der Waals surface area contributed by atoms with Gasteiger partial charge in [-0.15, -0.1) is 0 Å². The Morgan fingerprint density at radius 3 is 2.90 bits per heavy atom. The number of pyridine rings is 2. The maximum absolute atomic E-state index is 12.8. The van der Waals surface area contributed by atoms with Crippen molar-refractivity contribution in [2.24, 2.45) is 0 Å². The van der Waals surface area contributed by atoms with Crippen LogP contribution >= 0.6 is 0 Å². The van der Waals surface area contributed by atoms with Crippen molar-refractivity contribution in [2.45, 2.75) is 39.0 Å². The number of carbonyl (C=O) groups is 1. The highest BCUT2D eigenvalue weighted by Gasteiger charge is 2.29. The first-order chi connectivity index (χ1) is 9.66. The molecule has 1 unspecified atom stereocenters. The Labute approximate surface area is 119 Å². The molecule has 1 aliphatic carbocycles. The normalized spacial score (nSPS) is 17.6. The van der Waals surface area contributed by atoms with Crippen molar-refractivity contribution in [3.63, 3.8) is 0 Å². The third kappa shape index (κ3) is 2.24. The molecule has 3 rings (SSSR count). The van der Waals surface area contributed by atoms with Crippen LogP contribution in [0, 0.1) is 13.8 Å². The Morgan fingerprint density at radius 1 is 1.25 bits per heavy atom. The van der Waals surface area contributed by atoms with E-state index in [4.69, 9.17) is 0 Å². The third-order valence-electron chi connectivity index (χ3n) is 4.00. The van der Waals surface area contributed by atoms with Crippen molar-refractivity contribution in [2.75, 3.05) is 0 Å². The lowest BCUT2D eigenvalue weighted by Crippen LogP contribution is -2.21. The van der Waals surface area contributed by atoms with Gasteiger partial charge in [0.05, 0.1) is 11.6 Å². The molecule has 2 aromatic rings. The first kappa shape index (κ1) is 13.0. The van der Waals surface area contributed by atoms with E-state index in [2.05, 4.69) is 16.0 Å². The van der Waals surface area contributed by atoms with Crippen LogP contribution in [-0.4, -0.2) is 15.8 Å². The molecule has 2 heterocycles. The fourth-order valence-electron chi connectivity index (χ4n) is 3.00. The number of nitrogens with zero attached hydrogens (tertiary/aromatic N) is 2. The molecule has 0 fully saturated rings. The summed E-state index contributed by atoms with van der Waals surface area (Å²) in [7, 11) is 0. The molecule has 2 aromatic heterocycles. The maximum atomic E-state index is 12.8. The minimum atomic E-state index is -0.108. The van der Waals surface area contributed by atoms with Crippen molar-refractivity contribution < 1.29 is 4.79 Å². The van der Waals surface area contributed by atoms with Crippen LogP contribution in [0.3, 0.4) is 0 Å². The van der Waals surface area contributed by atoms with Gasteiger partial charge in [-0.3, -0.25) is 14.8 Å². The number of Topliss-reactive ketones (excluding diaryl/α,β-unsaturated/α-hetero) is 1. The van der Waals surface area contributed by atoms with Crippen molar-refractivity contribution in [1.82, 2.24) is 9.97 Å². The highest BCUT2D eigenvalue weighted by atomic mass is 16.1. The predicted octanol–water partition coefficient (Wildman–Crippen LogP) is 3.40. The number of rotatable bonds is 2. The number of carbonyl (C=O) groups excluding carboxylic acids is 1. The maximum Gasteiger partial charge on any atom is 0.173 e. The van der Waals surface area contributed by atoms with Crippen LogP contribution in [0.2, 0.25) is 0 Å². The fraction of sp³-hybridized carbons (Fsp3) is 0.353. The Bertz CT molecular complexity index is 664. The summed E-state index contributed by atoms with van der Waals surface area (Å²) in [5, 5.41) is 0. The average Bonchev–Trinajstić information content (AvgIpc) is 2.46. The zero-order chi connectivity index (χ0) is 14.1.